The second-order valence-electron chi connectivity index (χ2n) is 6.46. The topological polar surface area (TPSA) is 63.1 Å². The van der Waals surface area contributed by atoms with E-state index in [2.05, 4.69) is 39.8 Å². The van der Waals surface area contributed by atoms with Crippen LogP contribution in [0, 0.1) is 0 Å². The highest BCUT2D eigenvalue weighted by molar-refractivity contribution is 7.98. The highest BCUT2D eigenvalue weighted by Gasteiger charge is 2.24. The van der Waals surface area contributed by atoms with Crippen LogP contribution in [0.5, 0.6) is 0 Å². The van der Waals surface area contributed by atoms with Crippen LogP contribution in [-0.2, 0) is 7.05 Å². The first-order valence-corrected chi connectivity index (χ1v) is 10.7. The van der Waals surface area contributed by atoms with Crippen molar-refractivity contribution in [3.05, 3.63) is 36.2 Å². The van der Waals surface area contributed by atoms with E-state index < -0.39 is 0 Å². The van der Waals surface area contributed by atoms with Crippen molar-refractivity contribution in [2.24, 2.45) is 7.05 Å². The highest BCUT2D eigenvalue weighted by atomic mass is 32.2. The van der Waals surface area contributed by atoms with Crippen molar-refractivity contribution >= 4 is 44.4 Å². The van der Waals surface area contributed by atoms with Gasteiger partial charge in [0.1, 0.15) is 0 Å². The maximum atomic E-state index is 12.4. The monoisotopic (exact) mass is 387 g/mol. The zero-order valence-electron chi connectivity index (χ0n) is 14.8. The van der Waals surface area contributed by atoms with Gasteiger partial charge in [-0.3, -0.25) is 9.48 Å². The van der Waals surface area contributed by atoms with Crippen LogP contribution >= 0.6 is 23.1 Å². The molecule has 0 bridgehead atoms. The molecule has 1 saturated heterocycles. The summed E-state index contributed by atoms with van der Waals surface area (Å²) in [5, 5.41) is 8.26. The Hall–Kier alpha value is -2.06. The third-order valence-electron chi connectivity index (χ3n) is 4.58. The molecule has 1 N–H and O–H groups in total. The fourth-order valence-electron chi connectivity index (χ4n) is 3.29. The molecule has 136 valence electrons. The van der Waals surface area contributed by atoms with Crippen LogP contribution in [-0.4, -0.2) is 46.1 Å². The molecule has 1 unspecified atom stereocenters. The fraction of sp³-hybridized carbons (Fsp3) is 0.389. The molecule has 1 atom stereocenters. The van der Waals surface area contributed by atoms with E-state index in [0.29, 0.717) is 5.56 Å². The number of carbonyl (C=O) groups is 1. The van der Waals surface area contributed by atoms with Gasteiger partial charge in [0.05, 0.1) is 22.0 Å². The number of hydrogen-bond acceptors (Lipinski definition) is 6. The summed E-state index contributed by atoms with van der Waals surface area (Å²) in [4.78, 5) is 20.8. The van der Waals surface area contributed by atoms with Gasteiger partial charge in [0.15, 0.2) is 5.13 Å². The molecule has 2 aromatic heterocycles. The number of rotatable bonds is 4. The second-order valence-corrected chi connectivity index (χ2v) is 8.32. The Bertz CT molecular complexity index is 935. The molecule has 4 rings (SSSR count). The van der Waals surface area contributed by atoms with Crippen molar-refractivity contribution in [1.82, 2.24) is 20.1 Å². The Kier molecular flexibility index (Phi) is 4.86. The van der Waals surface area contributed by atoms with Gasteiger partial charge in [0, 0.05) is 37.3 Å². The maximum Gasteiger partial charge on any atom is 0.254 e. The van der Waals surface area contributed by atoms with E-state index in [1.54, 1.807) is 40.2 Å². The normalized spacial score (nSPS) is 17.6. The third kappa shape index (κ3) is 3.43. The molecule has 0 saturated carbocycles. The van der Waals surface area contributed by atoms with Crippen molar-refractivity contribution < 1.29 is 4.79 Å². The van der Waals surface area contributed by atoms with Crippen LogP contribution in [0.4, 0.5) is 5.13 Å². The van der Waals surface area contributed by atoms with Crippen molar-refractivity contribution in [1.29, 1.82) is 0 Å². The Morgan fingerprint density at radius 3 is 3.08 bits per heavy atom. The average Bonchev–Trinajstić information content (AvgIpc) is 3.28. The first-order valence-electron chi connectivity index (χ1n) is 8.62. The minimum Gasteiger partial charge on any atom is -0.347 e. The Labute approximate surface area is 160 Å². The lowest BCUT2D eigenvalue weighted by Gasteiger charge is -2.32. The lowest BCUT2D eigenvalue weighted by atomic mass is 10.1. The third-order valence-corrected chi connectivity index (χ3v) is 6.44. The molecular formula is C18H21N5OS2. The van der Waals surface area contributed by atoms with Crippen LogP contribution in [0.1, 0.15) is 23.2 Å². The number of para-hydroxylation sites is 1. The number of fused-ring (bicyclic) bond motifs is 1. The van der Waals surface area contributed by atoms with Gasteiger partial charge in [0.2, 0.25) is 0 Å². The number of aromatic nitrogens is 3. The number of aryl methyl sites for hydroxylation is 1. The van der Waals surface area contributed by atoms with Gasteiger partial charge >= 0.3 is 0 Å². The predicted molar refractivity (Wildman–Crippen MR) is 107 cm³/mol. The molecule has 0 radical (unpaired) electrons. The first-order chi connectivity index (χ1) is 12.6. The van der Waals surface area contributed by atoms with Gasteiger partial charge in [-0.15, -0.1) is 11.8 Å². The van der Waals surface area contributed by atoms with Crippen molar-refractivity contribution in [2.75, 3.05) is 24.2 Å². The lowest BCUT2D eigenvalue weighted by molar-refractivity contribution is 0.0933. The van der Waals surface area contributed by atoms with Gasteiger partial charge in [-0.1, -0.05) is 17.4 Å². The van der Waals surface area contributed by atoms with E-state index in [4.69, 9.17) is 4.98 Å². The number of piperidine rings is 1. The lowest BCUT2D eigenvalue weighted by Crippen LogP contribution is -2.47. The van der Waals surface area contributed by atoms with Gasteiger partial charge in [-0.25, -0.2) is 4.98 Å². The molecule has 6 nitrogen and oxygen atoms in total. The number of benzene rings is 1. The molecule has 8 heteroatoms. The molecule has 1 aliphatic rings. The molecule has 1 amide bonds. The Morgan fingerprint density at radius 1 is 1.42 bits per heavy atom. The minimum atomic E-state index is -0.0566. The number of nitrogens with zero attached hydrogens (tertiary/aromatic N) is 4. The van der Waals surface area contributed by atoms with Crippen LogP contribution in [0.3, 0.4) is 0 Å². The summed E-state index contributed by atoms with van der Waals surface area (Å²) in [6.07, 6.45) is 7.46. The second kappa shape index (κ2) is 7.28. The number of thioether (sulfide) groups is 1. The highest BCUT2D eigenvalue weighted by Crippen LogP contribution is 2.34. The summed E-state index contributed by atoms with van der Waals surface area (Å²) in [6.45, 7) is 1.77. The number of anilines is 1. The Balaban J connectivity index is 1.49. The standard InChI is InChI=1S/C18H21N5OS2/c1-22-10-12(9-19-22)17(24)20-13-5-4-8-23(11-13)18-21-16-14(25-2)6-3-7-15(16)26-18/h3,6-7,9-10,13H,4-5,8,11H2,1-2H3,(H,20,24). The molecule has 1 aliphatic heterocycles. The average molecular weight is 388 g/mol. The molecule has 26 heavy (non-hydrogen) atoms. The Morgan fingerprint density at radius 2 is 2.31 bits per heavy atom. The molecular weight excluding hydrogens is 366 g/mol. The maximum absolute atomic E-state index is 12.4. The van der Waals surface area contributed by atoms with Crippen LogP contribution in [0.2, 0.25) is 0 Å². The molecule has 3 aromatic rings. The van der Waals surface area contributed by atoms with Crippen LogP contribution < -0.4 is 10.2 Å². The van der Waals surface area contributed by atoms with E-state index in [1.807, 2.05) is 7.05 Å². The smallest absolute Gasteiger partial charge is 0.254 e. The number of carbonyl (C=O) groups excluding carboxylic acids is 1. The minimum absolute atomic E-state index is 0.0566. The predicted octanol–water partition coefficient (Wildman–Crippen LogP) is 3.15. The van der Waals surface area contributed by atoms with Crippen LogP contribution in [0.15, 0.2) is 35.5 Å². The SMILES string of the molecule is CSc1cccc2sc(N3CCCC(NC(=O)c4cnn(C)c4)C3)nc12. The molecule has 0 spiro atoms. The molecule has 3 heterocycles. The summed E-state index contributed by atoms with van der Waals surface area (Å²) in [5.74, 6) is -0.0566. The first kappa shape index (κ1) is 17.4. The zero-order valence-corrected chi connectivity index (χ0v) is 16.4. The molecule has 1 aromatic carbocycles. The number of thiazole rings is 1. The van der Waals surface area contributed by atoms with Gasteiger partial charge < -0.3 is 10.2 Å². The van der Waals surface area contributed by atoms with Crippen molar-refractivity contribution in [3.63, 3.8) is 0 Å². The van der Waals surface area contributed by atoms with Gasteiger partial charge in [0.25, 0.3) is 5.91 Å². The van der Waals surface area contributed by atoms with E-state index in [0.717, 1.165) is 36.6 Å². The summed E-state index contributed by atoms with van der Waals surface area (Å²) in [6, 6.07) is 6.46. The summed E-state index contributed by atoms with van der Waals surface area (Å²) in [5.41, 5.74) is 1.69. The number of hydrogen-bond donors (Lipinski definition) is 1. The molecule has 0 aliphatic carbocycles. The van der Waals surface area contributed by atoms with E-state index in [9.17, 15) is 4.79 Å². The van der Waals surface area contributed by atoms with E-state index >= 15 is 0 Å². The van der Waals surface area contributed by atoms with Gasteiger partial charge in [-0.05, 0) is 31.2 Å². The summed E-state index contributed by atoms with van der Waals surface area (Å²) >= 11 is 3.46. The summed E-state index contributed by atoms with van der Waals surface area (Å²) < 4.78 is 2.86. The van der Waals surface area contributed by atoms with E-state index in [-0.39, 0.29) is 11.9 Å². The quantitative estimate of drug-likeness (QED) is 0.697. The van der Waals surface area contributed by atoms with Crippen LogP contribution in [0.25, 0.3) is 10.2 Å². The zero-order chi connectivity index (χ0) is 18.1. The van der Waals surface area contributed by atoms with Crippen molar-refractivity contribution in [2.45, 2.75) is 23.8 Å². The van der Waals surface area contributed by atoms with E-state index in [1.165, 1.54) is 9.60 Å². The molecule has 1 fully saturated rings. The fourth-order valence-corrected chi connectivity index (χ4v) is 4.94. The van der Waals surface area contributed by atoms with Crippen molar-refractivity contribution in [3.8, 4) is 0 Å². The van der Waals surface area contributed by atoms with Gasteiger partial charge in [-0.2, -0.15) is 5.10 Å². The number of nitrogens with one attached hydrogen (secondary N) is 1. The number of amides is 1. The largest absolute Gasteiger partial charge is 0.347 e. The summed E-state index contributed by atoms with van der Waals surface area (Å²) in [7, 11) is 1.81.